The highest BCUT2D eigenvalue weighted by Gasteiger charge is 2.16. The Balaban J connectivity index is 1.89. The fraction of sp³-hybridized carbons (Fsp3) is 0.222. The second kappa shape index (κ2) is 6.62. The van der Waals surface area contributed by atoms with Gasteiger partial charge >= 0.3 is 0 Å². The number of nitrogens with zero attached hydrogens (tertiary/aromatic N) is 3. The quantitative estimate of drug-likeness (QED) is 0.799. The van der Waals surface area contributed by atoms with Crippen molar-refractivity contribution in [2.24, 2.45) is 0 Å². The summed E-state index contributed by atoms with van der Waals surface area (Å²) in [5.41, 5.74) is 1.80. The predicted molar refractivity (Wildman–Crippen MR) is 91.8 cm³/mol. The number of benzene rings is 1. The summed E-state index contributed by atoms with van der Waals surface area (Å²) in [5, 5.41) is 0.540. The fourth-order valence-corrected chi connectivity index (χ4v) is 2.49. The Hall–Kier alpha value is -3.02. The van der Waals surface area contributed by atoms with Gasteiger partial charge in [0.05, 0.1) is 23.0 Å². The third kappa shape index (κ3) is 3.17. The van der Waals surface area contributed by atoms with Crippen LogP contribution in [0.2, 0.25) is 0 Å². The number of amides is 1. The first kappa shape index (κ1) is 15.9. The highest BCUT2D eigenvalue weighted by atomic mass is 16.2. The summed E-state index contributed by atoms with van der Waals surface area (Å²) < 4.78 is 0. The number of pyridine rings is 1. The van der Waals surface area contributed by atoms with Crippen molar-refractivity contribution in [2.75, 3.05) is 6.54 Å². The normalized spacial score (nSPS) is 10.8. The van der Waals surface area contributed by atoms with Crippen molar-refractivity contribution < 1.29 is 4.79 Å². The van der Waals surface area contributed by atoms with Crippen LogP contribution in [0.1, 0.15) is 28.8 Å². The lowest BCUT2D eigenvalue weighted by atomic mass is 10.2. The zero-order chi connectivity index (χ0) is 17.1. The lowest BCUT2D eigenvalue weighted by molar-refractivity contribution is 0.0748. The average Bonchev–Trinajstić information content (AvgIpc) is 2.60. The monoisotopic (exact) mass is 322 g/mol. The number of aromatic nitrogens is 3. The van der Waals surface area contributed by atoms with E-state index < -0.39 is 0 Å². The standard InChI is InChI=1S/C18H18N4O2/c1-3-22(18(24)13-9-8-12(2)19-10-13)11-16-20-15-7-5-4-6-14(15)17(23)21-16/h4-10H,3,11H2,1-2H3,(H,20,21,23). The number of hydrogen-bond donors (Lipinski definition) is 1. The van der Waals surface area contributed by atoms with E-state index in [9.17, 15) is 9.59 Å². The SMILES string of the molecule is CCN(Cc1nc2ccccc2c(=O)[nH]1)C(=O)c1ccc(C)nc1. The van der Waals surface area contributed by atoms with Gasteiger partial charge in [0, 0.05) is 18.4 Å². The molecule has 0 fully saturated rings. The molecule has 0 radical (unpaired) electrons. The molecule has 0 bridgehead atoms. The number of rotatable bonds is 4. The van der Waals surface area contributed by atoms with Gasteiger partial charge in [0.2, 0.25) is 0 Å². The zero-order valence-electron chi connectivity index (χ0n) is 13.6. The number of carbonyl (C=O) groups is 1. The number of H-pyrrole nitrogens is 1. The van der Waals surface area contributed by atoms with Crippen LogP contribution in [0.15, 0.2) is 47.4 Å². The minimum absolute atomic E-state index is 0.138. The number of fused-ring (bicyclic) bond motifs is 1. The second-order valence-corrected chi connectivity index (χ2v) is 5.54. The molecule has 1 amide bonds. The van der Waals surface area contributed by atoms with Crippen LogP contribution < -0.4 is 5.56 Å². The van der Waals surface area contributed by atoms with Gasteiger partial charge in [-0.1, -0.05) is 12.1 Å². The van der Waals surface area contributed by atoms with Crippen molar-refractivity contribution in [1.29, 1.82) is 0 Å². The highest BCUT2D eigenvalue weighted by molar-refractivity contribution is 5.93. The van der Waals surface area contributed by atoms with E-state index in [1.807, 2.05) is 19.9 Å². The third-order valence-electron chi connectivity index (χ3n) is 3.83. The molecular formula is C18H18N4O2. The van der Waals surface area contributed by atoms with Gasteiger partial charge < -0.3 is 9.88 Å². The molecule has 0 aliphatic carbocycles. The summed E-state index contributed by atoms with van der Waals surface area (Å²) in [6.45, 7) is 4.50. The number of aromatic amines is 1. The summed E-state index contributed by atoms with van der Waals surface area (Å²) >= 11 is 0. The van der Waals surface area contributed by atoms with Crippen LogP contribution in [-0.4, -0.2) is 32.3 Å². The molecule has 1 aromatic carbocycles. The number of nitrogens with one attached hydrogen (secondary N) is 1. The van der Waals surface area contributed by atoms with E-state index in [4.69, 9.17) is 0 Å². The maximum absolute atomic E-state index is 12.6. The Morgan fingerprint density at radius 1 is 1.21 bits per heavy atom. The van der Waals surface area contributed by atoms with E-state index in [-0.39, 0.29) is 18.0 Å². The molecule has 6 heteroatoms. The Labute approximate surface area is 139 Å². The molecule has 0 unspecified atom stereocenters. The topological polar surface area (TPSA) is 79.0 Å². The molecule has 2 aromatic heterocycles. The second-order valence-electron chi connectivity index (χ2n) is 5.54. The fourth-order valence-electron chi connectivity index (χ4n) is 2.49. The van der Waals surface area contributed by atoms with Gasteiger partial charge in [-0.2, -0.15) is 0 Å². The predicted octanol–water partition coefficient (Wildman–Crippen LogP) is 2.29. The van der Waals surface area contributed by atoms with Crippen LogP contribution in [0.5, 0.6) is 0 Å². The zero-order valence-corrected chi connectivity index (χ0v) is 13.6. The van der Waals surface area contributed by atoms with Gasteiger partial charge in [-0.05, 0) is 38.1 Å². The summed E-state index contributed by atoms with van der Waals surface area (Å²) in [5.74, 6) is 0.328. The summed E-state index contributed by atoms with van der Waals surface area (Å²) in [6, 6.07) is 10.7. The van der Waals surface area contributed by atoms with E-state index >= 15 is 0 Å². The van der Waals surface area contributed by atoms with E-state index in [0.717, 1.165) is 5.69 Å². The summed E-state index contributed by atoms with van der Waals surface area (Å²) in [6.07, 6.45) is 1.57. The van der Waals surface area contributed by atoms with Gasteiger partial charge in [-0.15, -0.1) is 0 Å². The smallest absolute Gasteiger partial charge is 0.258 e. The van der Waals surface area contributed by atoms with Gasteiger partial charge in [-0.25, -0.2) is 4.98 Å². The van der Waals surface area contributed by atoms with Crippen LogP contribution in [0.25, 0.3) is 10.9 Å². The molecule has 0 saturated heterocycles. The largest absolute Gasteiger partial charge is 0.331 e. The number of hydrogen-bond acceptors (Lipinski definition) is 4. The van der Waals surface area contributed by atoms with Gasteiger partial charge in [0.15, 0.2) is 0 Å². The Bertz CT molecular complexity index is 932. The minimum Gasteiger partial charge on any atom is -0.331 e. The molecule has 0 aliphatic heterocycles. The Kier molecular flexibility index (Phi) is 4.37. The molecule has 1 N–H and O–H groups in total. The van der Waals surface area contributed by atoms with Crippen LogP contribution in [-0.2, 0) is 6.54 Å². The molecule has 2 heterocycles. The molecule has 0 spiro atoms. The van der Waals surface area contributed by atoms with Crippen molar-refractivity contribution in [1.82, 2.24) is 19.9 Å². The van der Waals surface area contributed by atoms with Gasteiger partial charge in [0.1, 0.15) is 5.82 Å². The number of aryl methyl sites for hydroxylation is 1. The van der Waals surface area contributed by atoms with Crippen molar-refractivity contribution in [2.45, 2.75) is 20.4 Å². The molecule has 3 aromatic rings. The van der Waals surface area contributed by atoms with Gasteiger partial charge in [-0.3, -0.25) is 14.6 Å². The van der Waals surface area contributed by atoms with E-state index in [2.05, 4.69) is 15.0 Å². The molecule has 0 aliphatic rings. The maximum Gasteiger partial charge on any atom is 0.258 e. The highest BCUT2D eigenvalue weighted by Crippen LogP contribution is 2.10. The van der Waals surface area contributed by atoms with Crippen molar-refractivity contribution in [3.05, 3.63) is 70.0 Å². The van der Waals surface area contributed by atoms with Crippen LogP contribution >= 0.6 is 0 Å². The first-order chi connectivity index (χ1) is 11.6. The molecule has 24 heavy (non-hydrogen) atoms. The Morgan fingerprint density at radius 2 is 2.00 bits per heavy atom. The van der Waals surface area contributed by atoms with Crippen molar-refractivity contribution in [3.63, 3.8) is 0 Å². The Morgan fingerprint density at radius 3 is 2.71 bits per heavy atom. The van der Waals surface area contributed by atoms with Crippen LogP contribution in [0, 0.1) is 6.92 Å². The molecule has 0 atom stereocenters. The molecular weight excluding hydrogens is 304 g/mol. The summed E-state index contributed by atoms with van der Waals surface area (Å²) in [4.78, 5) is 37.7. The van der Waals surface area contributed by atoms with Crippen molar-refractivity contribution >= 4 is 16.8 Å². The minimum atomic E-state index is -0.198. The van der Waals surface area contributed by atoms with Gasteiger partial charge in [0.25, 0.3) is 11.5 Å². The number of para-hydroxylation sites is 1. The van der Waals surface area contributed by atoms with E-state index in [1.165, 1.54) is 0 Å². The van der Waals surface area contributed by atoms with Crippen LogP contribution in [0.4, 0.5) is 0 Å². The number of carbonyl (C=O) groups excluding carboxylic acids is 1. The molecule has 6 nitrogen and oxygen atoms in total. The first-order valence-electron chi connectivity index (χ1n) is 7.78. The lowest BCUT2D eigenvalue weighted by Gasteiger charge is -2.20. The maximum atomic E-state index is 12.6. The molecule has 122 valence electrons. The van der Waals surface area contributed by atoms with Crippen molar-refractivity contribution in [3.8, 4) is 0 Å². The lowest BCUT2D eigenvalue weighted by Crippen LogP contribution is -2.32. The average molecular weight is 322 g/mol. The molecule has 0 saturated carbocycles. The summed E-state index contributed by atoms with van der Waals surface area (Å²) in [7, 11) is 0. The molecule has 3 rings (SSSR count). The first-order valence-corrected chi connectivity index (χ1v) is 7.78. The van der Waals surface area contributed by atoms with E-state index in [0.29, 0.717) is 28.8 Å². The van der Waals surface area contributed by atoms with Crippen LogP contribution in [0.3, 0.4) is 0 Å². The van der Waals surface area contributed by atoms with E-state index in [1.54, 1.807) is 41.4 Å². The third-order valence-corrected chi connectivity index (χ3v) is 3.83.